The first kappa shape index (κ1) is 17.6. The van der Waals surface area contributed by atoms with Crippen molar-refractivity contribution < 1.29 is 9.53 Å². The number of carbonyl (C=O) groups excluding carboxylic acids is 1. The molecule has 5 rings (SSSR count). The average molecular weight is 388 g/mol. The van der Waals surface area contributed by atoms with Crippen molar-refractivity contribution in [3.8, 4) is 11.1 Å². The van der Waals surface area contributed by atoms with Crippen molar-refractivity contribution in [3.05, 3.63) is 72.3 Å². The molecular weight excluding hydrogens is 368 g/mol. The molecule has 0 unspecified atom stereocenters. The van der Waals surface area contributed by atoms with Gasteiger partial charge in [0, 0.05) is 31.5 Å². The number of benzene rings is 1. The second-order valence-electron chi connectivity index (χ2n) is 7.04. The first-order valence-electron chi connectivity index (χ1n) is 9.50. The van der Waals surface area contributed by atoms with E-state index in [0.29, 0.717) is 25.4 Å². The summed E-state index contributed by atoms with van der Waals surface area (Å²) < 4.78 is 9.30. The summed E-state index contributed by atoms with van der Waals surface area (Å²) in [4.78, 5) is 14.6. The number of ether oxygens (including phenoxy) is 1. The van der Waals surface area contributed by atoms with Crippen molar-refractivity contribution in [3.63, 3.8) is 0 Å². The van der Waals surface area contributed by atoms with Crippen LogP contribution in [0.2, 0.25) is 0 Å². The van der Waals surface area contributed by atoms with Crippen molar-refractivity contribution >= 4 is 11.4 Å². The zero-order valence-electron chi connectivity index (χ0n) is 16.0. The minimum Gasteiger partial charge on any atom is -0.368 e. The highest BCUT2D eigenvalue weighted by molar-refractivity contribution is 5.92. The van der Waals surface area contributed by atoms with Crippen molar-refractivity contribution in [1.82, 2.24) is 29.5 Å². The summed E-state index contributed by atoms with van der Waals surface area (Å²) >= 11 is 0. The molecule has 1 amide bonds. The van der Waals surface area contributed by atoms with Gasteiger partial charge >= 0.3 is 0 Å². The lowest BCUT2D eigenvalue weighted by atomic mass is 10.1. The summed E-state index contributed by atoms with van der Waals surface area (Å²) in [6.07, 6.45) is 3.27. The maximum absolute atomic E-state index is 12.8. The normalized spacial score (nSPS) is 17.0. The first-order valence-corrected chi connectivity index (χ1v) is 9.50. The number of hydrogen-bond acceptors (Lipinski definition) is 5. The van der Waals surface area contributed by atoms with Gasteiger partial charge in [-0.3, -0.25) is 9.48 Å². The Hall–Kier alpha value is -3.52. The number of carbonyl (C=O) groups is 1. The van der Waals surface area contributed by atoms with E-state index < -0.39 is 0 Å². The Kier molecular flexibility index (Phi) is 4.33. The molecule has 0 bridgehead atoms. The van der Waals surface area contributed by atoms with Crippen LogP contribution >= 0.6 is 0 Å². The Morgan fingerprint density at radius 1 is 1.10 bits per heavy atom. The van der Waals surface area contributed by atoms with Crippen LogP contribution in [0.3, 0.4) is 0 Å². The van der Waals surface area contributed by atoms with Crippen LogP contribution in [0.5, 0.6) is 0 Å². The SMILES string of the molecule is Cn1nccc1C(=O)N1CCO[C@H](c2nnn3cc(-c4ccccc4)ccc23)C1. The fourth-order valence-corrected chi connectivity index (χ4v) is 3.69. The molecule has 1 atom stereocenters. The summed E-state index contributed by atoms with van der Waals surface area (Å²) in [7, 11) is 1.77. The van der Waals surface area contributed by atoms with Crippen molar-refractivity contribution in [2.45, 2.75) is 6.10 Å². The number of nitrogens with zero attached hydrogens (tertiary/aromatic N) is 6. The van der Waals surface area contributed by atoms with E-state index in [1.165, 1.54) is 0 Å². The third-order valence-corrected chi connectivity index (χ3v) is 5.25. The number of rotatable bonds is 3. The number of fused-ring (bicyclic) bond motifs is 1. The van der Waals surface area contributed by atoms with Gasteiger partial charge in [-0.1, -0.05) is 41.6 Å². The van der Waals surface area contributed by atoms with Crippen molar-refractivity contribution in [2.75, 3.05) is 19.7 Å². The molecule has 8 nitrogen and oxygen atoms in total. The molecule has 146 valence electrons. The monoisotopic (exact) mass is 388 g/mol. The predicted molar refractivity (Wildman–Crippen MR) is 106 cm³/mol. The fourth-order valence-electron chi connectivity index (χ4n) is 3.69. The second kappa shape index (κ2) is 7.14. The van der Waals surface area contributed by atoms with Gasteiger partial charge in [-0.25, -0.2) is 4.52 Å². The molecule has 1 saturated heterocycles. The Morgan fingerprint density at radius 2 is 1.97 bits per heavy atom. The summed E-state index contributed by atoms with van der Waals surface area (Å²) in [5.41, 5.74) is 4.36. The quantitative estimate of drug-likeness (QED) is 0.538. The highest BCUT2D eigenvalue weighted by Crippen LogP contribution is 2.27. The number of amides is 1. The molecule has 0 aliphatic carbocycles. The third kappa shape index (κ3) is 3.17. The van der Waals surface area contributed by atoms with Crippen LogP contribution in [0, 0.1) is 0 Å². The molecule has 3 aromatic heterocycles. The van der Waals surface area contributed by atoms with Crippen molar-refractivity contribution in [1.29, 1.82) is 0 Å². The van der Waals surface area contributed by atoms with Crippen LogP contribution in [0.15, 0.2) is 60.9 Å². The Bertz CT molecular complexity index is 1170. The van der Waals surface area contributed by atoms with Gasteiger partial charge in [-0.15, -0.1) is 5.10 Å². The maximum atomic E-state index is 12.8. The number of morpholine rings is 1. The molecule has 0 saturated carbocycles. The van der Waals surface area contributed by atoms with Crippen molar-refractivity contribution in [2.24, 2.45) is 7.05 Å². The molecule has 8 heteroatoms. The summed E-state index contributed by atoms with van der Waals surface area (Å²) in [6, 6.07) is 15.9. The van der Waals surface area contributed by atoms with E-state index in [1.54, 1.807) is 33.4 Å². The molecule has 4 aromatic rings. The van der Waals surface area contributed by atoms with Crippen LogP contribution in [0.1, 0.15) is 22.3 Å². The minimum absolute atomic E-state index is 0.0545. The molecule has 29 heavy (non-hydrogen) atoms. The van der Waals surface area contributed by atoms with Gasteiger partial charge in [0.25, 0.3) is 5.91 Å². The van der Waals surface area contributed by atoms with Crippen LogP contribution in [0.4, 0.5) is 0 Å². The van der Waals surface area contributed by atoms with Gasteiger partial charge in [0.15, 0.2) is 0 Å². The standard InChI is InChI=1S/C21H20N6O2/c1-25-18(9-10-22-25)21(28)26-11-12-29-19(14-26)20-17-8-7-16(13-27(17)24-23-20)15-5-3-2-4-6-15/h2-10,13,19H,11-12,14H2,1H3/t19-/m0/s1. The Balaban J connectivity index is 1.42. The van der Waals surface area contributed by atoms with Gasteiger partial charge in [-0.2, -0.15) is 5.10 Å². The lowest BCUT2D eigenvalue weighted by Crippen LogP contribution is -2.43. The van der Waals surface area contributed by atoms with E-state index in [0.717, 1.165) is 22.3 Å². The zero-order chi connectivity index (χ0) is 19.8. The van der Waals surface area contributed by atoms with E-state index in [-0.39, 0.29) is 12.0 Å². The third-order valence-electron chi connectivity index (χ3n) is 5.25. The first-order chi connectivity index (χ1) is 14.2. The van der Waals surface area contributed by atoms with E-state index in [1.807, 2.05) is 30.5 Å². The maximum Gasteiger partial charge on any atom is 0.272 e. The zero-order valence-corrected chi connectivity index (χ0v) is 16.0. The summed E-state index contributed by atoms with van der Waals surface area (Å²) in [5.74, 6) is -0.0545. The Morgan fingerprint density at radius 3 is 2.76 bits per heavy atom. The smallest absolute Gasteiger partial charge is 0.272 e. The van der Waals surface area contributed by atoms with E-state index in [2.05, 4.69) is 33.6 Å². The number of aryl methyl sites for hydroxylation is 1. The molecule has 0 radical (unpaired) electrons. The highest BCUT2D eigenvalue weighted by Gasteiger charge is 2.30. The number of hydrogen-bond donors (Lipinski definition) is 0. The number of aromatic nitrogens is 5. The van der Waals surface area contributed by atoms with Crippen LogP contribution < -0.4 is 0 Å². The second-order valence-corrected chi connectivity index (χ2v) is 7.04. The minimum atomic E-state index is -0.319. The fraction of sp³-hybridized carbons (Fsp3) is 0.238. The molecule has 1 fully saturated rings. The van der Waals surface area contributed by atoms with E-state index >= 15 is 0 Å². The largest absolute Gasteiger partial charge is 0.368 e. The van der Waals surface area contributed by atoms with Crippen LogP contribution in [-0.2, 0) is 11.8 Å². The summed E-state index contributed by atoms with van der Waals surface area (Å²) in [6.45, 7) is 1.42. The molecule has 1 aliphatic rings. The molecule has 4 heterocycles. The molecule has 0 spiro atoms. The lowest BCUT2D eigenvalue weighted by Gasteiger charge is -2.32. The predicted octanol–water partition coefficient (Wildman–Crippen LogP) is 2.34. The molecular formula is C21H20N6O2. The van der Waals surface area contributed by atoms with Crippen LogP contribution in [0.25, 0.3) is 16.6 Å². The highest BCUT2D eigenvalue weighted by atomic mass is 16.5. The molecule has 1 aliphatic heterocycles. The topological polar surface area (TPSA) is 77.5 Å². The van der Waals surface area contributed by atoms with Crippen LogP contribution in [-0.4, -0.2) is 55.1 Å². The number of pyridine rings is 1. The van der Waals surface area contributed by atoms with Gasteiger partial charge in [0.05, 0.1) is 18.7 Å². The lowest BCUT2D eigenvalue weighted by molar-refractivity contribution is -0.0244. The van der Waals surface area contributed by atoms with Gasteiger partial charge in [0.2, 0.25) is 0 Å². The van der Waals surface area contributed by atoms with Gasteiger partial charge < -0.3 is 9.64 Å². The van der Waals surface area contributed by atoms with Gasteiger partial charge in [0.1, 0.15) is 17.5 Å². The molecule has 0 N–H and O–H groups in total. The molecule has 1 aromatic carbocycles. The van der Waals surface area contributed by atoms with E-state index in [9.17, 15) is 4.79 Å². The summed E-state index contributed by atoms with van der Waals surface area (Å²) in [5, 5.41) is 12.7. The van der Waals surface area contributed by atoms with E-state index in [4.69, 9.17) is 4.74 Å². The van der Waals surface area contributed by atoms with Gasteiger partial charge in [-0.05, 0) is 17.7 Å². The Labute approximate surface area is 167 Å². The average Bonchev–Trinajstić information content (AvgIpc) is 3.39.